The van der Waals surface area contributed by atoms with Crippen LogP contribution in [0.1, 0.15) is 16.1 Å². The first-order valence-corrected chi connectivity index (χ1v) is 8.24. The van der Waals surface area contributed by atoms with Crippen molar-refractivity contribution in [2.24, 2.45) is 0 Å². The number of nitrogens with zero attached hydrogens (tertiary/aromatic N) is 2. The molecule has 0 atom stereocenters. The van der Waals surface area contributed by atoms with Crippen LogP contribution in [0.4, 0.5) is 5.13 Å². The fourth-order valence-corrected chi connectivity index (χ4v) is 4.10. The van der Waals surface area contributed by atoms with Crippen LogP contribution in [0.3, 0.4) is 0 Å². The zero-order valence-electron chi connectivity index (χ0n) is 10.7. The van der Waals surface area contributed by atoms with E-state index in [0.717, 1.165) is 11.3 Å². The Morgan fingerprint density at radius 1 is 1.35 bits per heavy atom. The number of halogens is 1. The Morgan fingerprint density at radius 3 is 2.60 bits per heavy atom. The van der Waals surface area contributed by atoms with Gasteiger partial charge in [-0.05, 0) is 37.1 Å². The highest BCUT2D eigenvalue weighted by Crippen LogP contribution is 2.27. The summed E-state index contributed by atoms with van der Waals surface area (Å²) in [7, 11) is -3.82. The number of rotatable bonds is 4. The van der Waals surface area contributed by atoms with Crippen molar-refractivity contribution in [3.8, 4) is 0 Å². The third kappa shape index (κ3) is 3.09. The normalized spacial score (nSPS) is 11.6. The molecule has 0 aliphatic rings. The van der Waals surface area contributed by atoms with Gasteiger partial charge in [0.1, 0.15) is 5.01 Å². The first kappa shape index (κ1) is 15.2. The van der Waals surface area contributed by atoms with Crippen molar-refractivity contribution in [3.63, 3.8) is 0 Å². The molecule has 0 unspecified atom stereocenters. The van der Waals surface area contributed by atoms with Crippen molar-refractivity contribution in [2.75, 3.05) is 4.72 Å². The highest BCUT2D eigenvalue weighted by molar-refractivity contribution is 7.93. The smallest absolute Gasteiger partial charge is 0.264 e. The van der Waals surface area contributed by atoms with Crippen LogP contribution in [0.5, 0.6) is 0 Å². The van der Waals surface area contributed by atoms with Gasteiger partial charge in [-0.25, -0.2) is 8.42 Å². The van der Waals surface area contributed by atoms with Gasteiger partial charge in [-0.15, -0.1) is 10.2 Å². The number of aromatic nitrogens is 2. The van der Waals surface area contributed by atoms with Gasteiger partial charge >= 0.3 is 0 Å². The van der Waals surface area contributed by atoms with E-state index < -0.39 is 10.0 Å². The number of aliphatic hydroxyl groups is 1. The number of sulfonamides is 1. The van der Waals surface area contributed by atoms with Gasteiger partial charge in [-0.2, -0.15) is 0 Å². The third-order valence-electron chi connectivity index (χ3n) is 2.64. The van der Waals surface area contributed by atoms with E-state index in [2.05, 4.69) is 14.9 Å². The van der Waals surface area contributed by atoms with Crippen LogP contribution in [0, 0.1) is 13.8 Å². The second-order valence-corrected chi connectivity index (χ2v) is 7.35. The Hall–Kier alpha value is -1.22. The molecule has 1 aromatic heterocycles. The quantitative estimate of drug-likeness (QED) is 0.894. The molecule has 0 spiro atoms. The van der Waals surface area contributed by atoms with Crippen molar-refractivity contribution in [2.45, 2.75) is 25.3 Å². The minimum absolute atomic E-state index is 0.0157. The SMILES string of the molecule is Cc1nnc(NS(=O)(=O)c2cc(Cl)cc(CO)c2C)s1. The lowest BCUT2D eigenvalue weighted by Crippen LogP contribution is -2.15. The lowest BCUT2D eigenvalue weighted by molar-refractivity contribution is 0.280. The van der Waals surface area contributed by atoms with E-state index >= 15 is 0 Å². The number of aryl methyl sites for hydroxylation is 1. The second kappa shape index (κ2) is 5.65. The molecule has 0 aliphatic heterocycles. The van der Waals surface area contributed by atoms with Gasteiger partial charge in [-0.3, -0.25) is 4.72 Å². The summed E-state index contributed by atoms with van der Waals surface area (Å²) in [4.78, 5) is 0.0157. The molecule has 108 valence electrons. The fourth-order valence-electron chi connectivity index (χ4n) is 1.66. The van der Waals surface area contributed by atoms with E-state index in [1.165, 1.54) is 12.1 Å². The van der Waals surface area contributed by atoms with Crippen molar-refractivity contribution in [1.82, 2.24) is 10.2 Å². The molecule has 1 heterocycles. The molecule has 2 aromatic rings. The fraction of sp³-hybridized carbons (Fsp3) is 0.273. The van der Waals surface area contributed by atoms with Crippen molar-refractivity contribution < 1.29 is 13.5 Å². The van der Waals surface area contributed by atoms with Gasteiger partial charge in [0.05, 0.1) is 11.5 Å². The molecule has 0 amide bonds. The molecule has 2 rings (SSSR count). The lowest BCUT2D eigenvalue weighted by atomic mass is 10.1. The van der Waals surface area contributed by atoms with Crippen LogP contribution in [0.2, 0.25) is 5.02 Å². The number of anilines is 1. The van der Waals surface area contributed by atoms with Gasteiger partial charge in [0.2, 0.25) is 5.13 Å². The van der Waals surface area contributed by atoms with Crippen LogP contribution >= 0.6 is 22.9 Å². The van der Waals surface area contributed by atoms with E-state index in [9.17, 15) is 13.5 Å². The van der Waals surface area contributed by atoms with E-state index in [4.69, 9.17) is 11.6 Å². The summed E-state index contributed by atoms with van der Waals surface area (Å²) >= 11 is 7.02. The lowest BCUT2D eigenvalue weighted by Gasteiger charge is -2.11. The number of hydrogen-bond donors (Lipinski definition) is 2. The Balaban J connectivity index is 2.46. The highest BCUT2D eigenvalue weighted by Gasteiger charge is 2.21. The molecule has 0 bridgehead atoms. The number of aliphatic hydroxyl groups excluding tert-OH is 1. The highest BCUT2D eigenvalue weighted by atomic mass is 35.5. The average molecular weight is 334 g/mol. The van der Waals surface area contributed by atoms with Gasteiger partial charge in [0, 0.05) is 5.02 Å². The Kier molecular flexibility index (Phi) is 4.28. The maximum atomic E-state index is 12.3. The van der Waals surface area contributed by atoms with Crippen LogP contribution in [0.15, 0.2) is 17.0 Å². The van der Waals surface area contributed by atoms with E-state index in [-0.39, 0.29) is 21.7 Å². The summed E-state index contributed by atoms with van der Waals surface area (Å²) < 4.78 is 27.0. The minimum Gasteiger partial charge on any atom is -0.392 e. The molecule has 1 aromatic carbocycles. The zero-order valence-corrected chi connectivity index (χ0v) is 13.1. The third-order valence-corrected chi connectivity index (χ3v) is 5.21. The standard InChI is InChI=1S/C11H12ClN3O3S2/c1-6-8(5-16)3-9(12)4-10(6)20(17,18)15-11-14-13-7(2)19-11/h3-4,16H,5H2,1-2H3,(H,14,15). The monoisotopic (exact) mass is 333 g/mol. The minimum atomic E-state index is -3.82. The Labute approximate surface area is 125 Å². The van der Waals surface area contributed by atoms with E-state index in [0.29, 0.717) is 16.1 Å². The van der Waals surface area contributed by atoms with Gasteiger partial charge in [0.25, 0.3) is 10.0 Å². The maximum absolute atomic E-state index is 12.3. The zero-order chi connectivity index (χ0) is 14.9. The first-order valence-electron chi connectivity index (χ1n) is 5.56. The molecule has 0 aliphatic carbocycles. The van der Waals surface area contributed by atoms with Crippen molar-refractivity contribution in [3.05, 3.63) is 33.3 Å². The van der Waals surface area contributed by atoms with E-state index in [1.54, 1.807) is 13.8 Å². The molecule has 6 nitrogen and oxygen atoms in total. The molecule has 0 fully saturated rings. The van der Waals surface area contributed by atoms with Gasteiger partial charge < -0.3 is 5.11 Å². The summed E-state index contributed by atoms with van der Waals surface area (Å²) in [5.74, 6) is 0. The molecular weight excluding hydrogens is 322 g/mol. The van der Waals surface area contributed by atoms with E-state index in [1.807, 2.05) is 0 Å². The second-order valence-electron chi connectivity index (χ2n) is 4.08. The summed E-state index contributed by atoms with van der Waals surface area (Å²) in [6.07, 6.45) is 0. The topological polar surface area (TPSA) is 92.2 Å². The van der Waals surface area contributed by atoms with Crippen LogP contribution in [0.25, 0.3) is 0 Å². The summed E-state index contributed by atoms with van der Waals surface area (Å²) in [5.41, 5.74) is 0.914. The average Bonchev–Trinajstić information content (AvgIpc) is 2.76. The predicted octanol–water partition coefficient (Wildman–Crippen LogP) is 2.10. The number of benzene rings is 1. The van der Waals surface area contributed by atoms with Crippen LogP contribution in [-0.4, -0.2) is 23.7 Å². The Morgan fingerprint density at radius 2 is 2.05 bits per heavy atom. The molecule has 2 N–H and O–H groups in total. The molecule has 0 saturated heterocycles. The van der Waals surface area contributed by atoms with Gasteiger partial charge in [-0.1, -0.05) is 22.9 Å². The summed E-state index contributed by atoms with van der Waals surface area (Å²) in [6, 6.07) is 2.87. The summed E-state index contributed by atoms with van der Waals surface area (Å²) in [5, 5.41) is 17.8. The van der Waals surface area contributed by atoms with Crippen molar-refractivity contribution >= 4 is 38.1 Å². The predicted molar refractivity (Wildman–Crippen MR) is 77.6 cm³/mol. The molecule has 0 radical (unpaired) electrons. The molecular formula is C11H12ClN3O3S2. The molecule has 0 saturated carbocycles. The largest absolute Gasteiger partial charge is 0.392 e. The van der Waals surface area contributed by atoms with Crippen LogP contribution in [-0.2, 0) is 16.6 Å². The molecule has 20 heavy (non-hydrogen) atoms. The maximum Gasteiger partial charge on any atom is 0.264 e. The number of nitrogens with one attached hydrogen (secondary N) is 1. The summed E-state index contributed by atoms with van der Waals surface area (Å²) in [6.45, 7) is 3.05. The van der Waals surface area contributed by atoms with Gasteiger partial charge in [0.15, 0.2) is 0 Å². The van der Waals surface area contributed by atoms with Crippen molar-refractivity contribution in [1.29, 1.82) is 0 Å². The number of hydrogen-bond acceptors (Lipinski definition) is 6. The van der Waals surface area contributed by atoms with Crippen LogP contribution < -0.4 is 4.72 Å². The first-order chi connectivity index (χ1) is 9.33. The molecule has 9 heteroatoms. The Bertz CT molecular complexity index is 743.